The molecule has 6 heteroatoms. The molecule has 0 radical (unpaired) electrons. The van der Waals surface area contributed by atoms with E-state index >= 15 is 0 Å². The number of rotatable bonds is 3. The van der Waals surface area contributed by atoms with E-state index in [-0.39, 0.29) is 23.9 Å². The van der Waals surface area contributed by atoms with Crippen LogP contribution in [0, 0.1) is 5.92 Å². The molecule has 0 bridgehead atoms. The molecule has 2 aliphatic carbocycles. The van der Waals surface area contributed by atoms with Gasteiger partial charge in [0.2, 0.25) is 5.91 Å². The maximum atomic E-state index is 11.9. The van der Waals surface area contributed by atoms with Crippen LogP contribution in [0.3, 0.4) is 0 Å². The van der Waals surface area contributed by atoms with Gasteiger partial charge in [-0.05, 0) is 48.4 Å². The van der Waals surface area contributed by atoms with Gasteiger partial charge in [0.15, 0.2) is 0 Å². The molecule has 1 saturated heterocycles. The number of amides is 1. The lowest BCUT2D eigenvalue weighted by atomic mass is 9.75. The Bertz CT molecular complexity index is 1220. The van der Waals surface area contributed by atoms with Crippen LogP contribution in [-0.4, -0.2) is 51.6 Å². The number of aromatic carboxylic acids is 1. The van der Waals surface area contributed by atoms with E-state index in [0.29, 0.717) is 11.5 Å². The first-order valence-corrected chi connectivity index (χ1v) is 12.8. The van der Waals surface area contributed by atoms with Crippen molar-refractivity contribution in [2.45, 2.75) is 70.0 Å². The minimum absolute atomic E-state index is 0.0368. The maximum absolute atomic E-state index is 11.9. The molecule has 0 spiro atoms. The van der Waals surface area contributed by atoms with Crippen LogP contribution in [0.2, 0.25) is 0 Å². The highest BCUT2D eigenvalue weighted by Gasteiger charge is 2.44. The van der Waals surface area contributed by atoms with E-state index in [1.54, 1.807) is 13.0 Å². The molecule has 2 aliphatic heterocycles. The highest BCUT2D eigenvalue weighted by atomic mass is 16.4. The summed E-state index contributed by atoms with van der Waals surface area (Å²) in [5.74, 6) is -0.0822. The molecule has 6 nitrogen and oxygen atoms in total. The van der Waals surface area contributed by atoms with Crippen LogP contribution in [-0.2, 0) is 11.3 Å². The van der Waals surface area contributed by atoms with Crippen LogP contribution in [0.15, 0.2) is 36.4 Å². The van der Waals surface area contributed by atoms with Gasteiger partial charge in [0.25, 0.3) is 0 Å². The number of fused-ring (bicyclic) bond motifs is 4. The van der Waals surface area contributed by atoms with Crippen LogP contribution >= 0.6 is 0 Å². The van der Waals surface area contributed by atoms with E-state index in [9.17, 15) is 14.7 Å². The number of nitrogens with zero attached hydrogens (tertiary/aromatic N) is 2. The Labute approximate surface area is 200 Å². The summed E-state index contributed by atoms with van der Waals surface area (Å²) < 4.78 is 2.42. The smallest absolute Gasteiger partial charge is 0.335 e. The van der Waals surface area contributed by atoms with Crippen molar-refractivity contribution < 1.29 is 14.7 Å². The third kappa shape index (κ3) is 3.42. The van der Waals surface area contributed by atoms with Gasteiger partial charge in [0.1, 0.15) is 0 Å². The summed E-state index contributed by atoms with van der Waals surface area (Å²) in [6.07, 6.45) is 13.9. The number of carbonyl (C=O) groups excluding carboxylic acids is 1. The molecule has 2 aromatic rings. The predicted octanol–water partition coefficient (Wildman–Crippen LogP) is 4.55. The quantitative estimate of drug-likeness (QED) is 0.706. The van der Waals surface area contributed by atoms with Crippen molar-refractivity contribution in [3.8, 4) is 0 Å². The Hall–Kier alpha value is -2.86. The Morgan fingerprint density at radius 3 is 2.65 bits per heavy atom. The number of allylic oxidation sites excluding steroid dienone is 2. The second-order valence-electron chi connectivity index (χ2n) is 10.4. The maximum Gasteiger partial charge on any atom is 0.335 e. The summed E-state index contributed by atoms with van der Waals surface area (Å²) in [5.41, 5.74) is 5.49. The van der Waals surface area contributed by atoms with Crippen molar-refractivity contribution in [1.82, 2.24) is 14.8 Å². The fourth-order valence-electron chi connectivity index (χ4n) is 7.11. The van der Waals surface area contributed by atoms with Gasteiger partial charge < -0.3 is 15.0 Å². The van der Waals surface area contributed by atoms with Gasteiger partial charge in [0.05, 0.1) is 11.3 Å². The van der Waals surface area contributed by atoms with Gasteiger partial charge in [-0.2, -0.15) is 0 Å². The first-order valence-electron chi connectivity index (χ1n) is 12.8. The van der Waals surface area contributed by atoms with E-state index in [1.165, 1.54) is 54.3 Å². The number of carbonyl (C=O) groups is 2. The third-order valence-corrected chi connectivity index (χ3v) is 8.51. The van der Waals surface area contributed by atoms with Crippen LogP contribution in [0.1, 0.15) is 73.0 Å². The standard InChI is InChI=1S/C28H33N3O3/c1-17(32)29-23-12-13-30-14-15-31-24-16-19(28(33)34)10-11-21(24)25(18-6-3-2-4-7-18)27(31)22-9-5-8-20(23)26(22)30/h5,8-11,16,18,20,23,26H,2-4,6-7,12-15H2,1H3,(H,29,32)(H,33,34). The molecule has 1 saturated carbocycles. The van der Waals surface area contributed by atoms with Crippen molar-refractivity contribution in [2.75, 3.05) is 13.1 Å². The molecular formula is C28H33N3O3. The lowest BCUT2D eigenvalue weighted by Crippen LogP contribution is -2.56. The Kier molecular flexibility index (Phi) is 5.36. The van der Waals surface area contributed by atoms with Crippen molar-refractivity contribution in [1.29, 1.82) is 0 Å². The van der Waals surface area contributed by atoms with Crippen molar-refractivity contribution >= 4 is 28.4 Å². The second kappa shape index (κ2) is 8.42. The molecule has 3 heterocycles. The van der Waals surface area contributed by atoms with Gasteiger partial charge in [-0.25, -0.2) is 4.79 Å². The lowest BCUT2D eigenvalue weighted by molar-refractivity contribution is -0.120. The summed E-state index contributed by atoms with van der Waals surface area (Å²) in [5, 5.41) is 14.1. The number of piperidine rings is 1. The van der Waals surface area contributed by atoms with E-state index in [1.807, 2.05) is 6.07 Å². The Morgan fingerprint density at radius 2 is 1.88 bits per heavy atom. The number of carboxylic acid groups (broad SMARTS) is 1. The SMILES string of the molecule is CC(=O)NC1CCN2CCn3c(c(C4CCCCC4)c4ccc(C(=O)O)cc43)C3=CC=CC1C32. The molecule has 178 valence electrons. The van der Waals surface area contributed by atoms with Gasteiger partial charge in [-0.1, -0.05) is 43.6 Å². The molecule has 6 rings (SSSR count). The third-order valence-electron chi connectivity index (χ3n) is 8.51. The monoisotopic (exact) mass is 459 g/mol. The molecule has 1 aromatic heterocycles. The molecule has 4 aliphatic rings. The lowest BCUT2D eigenvalue weighted by Gasteiger charge is -2.46. The molecule has 3 atom stereocenters. The first-order chi connectivity index (χ1) is 16.5. The van der Waals surface area contributed by atoms with Crippen molar-refractivity contribution in [2.24, 2.45) is 5.92 Å². The summed E-state index contributed by atoms with van der Waals surface area (Å²) in [7, 11) is 0. The molecule has 1 amide bonds. The van der Waals surface area contributed by atoms with Gasteiger partial charge in [0, 0.05) is 55.5 Å². The molecule has 34 heavy (non-hydrogen) atoms. The zero-order chi connectivity index (χ0) is 23.4. The first kappa shape index (κ1) is 21.7. The number of carboxylic acids is 1. The van der Waals surface area contributed by atoms with E-state index in [4.69, 9.17) is 0 Å². The van der Waals surface area contributed by atoms with Gasteiger partial charge >= 0.3 is 5.97 Å². The number of nitrogens with one attached hydrogen (secondary N) is 1. The fourth-order valence-corrected chi connectivity index (χ4v) is 7.11. The number of hydrogen-bond acceptors (Lipinski definition) is 3. The number of benzene rings is 1. The van der Waals surface area contributed by atoms with Crippen LogP contribution in [0.4, 0.5) is 0 Å². The number of hydrogen-bond donors (Lipinski definition) is 2. The van der Waals surface area contributed by atoms with Crippen LogP contribution in [0.25, 0.3) is 16.5 Å². The summed E-state index contributed by atoms with van der Waals surface area (Å²) in [6.45, 7) is 4.35. The van der Waals surface area contributed by atoms with Gasteiger partial charge in [-0.15, -0.1) is 0 Å². The fraction of sp³-hybridized carbons (Fsp3) is 0.500. The average Bonchev–Trinajstić information content (AvgIpc) is 3.07. The topological polar surface area (TPSA) is 74.6 Å². The number of aromatic nitrogens is 1. The second-order valence-corrected chi connectivity index (χ2v) is 10.4. The van der Waals surface area contributed by atoms with Crippen molar-refractivity contribution in [3.05, 3.63) is 53.2 Å². The Morgan fingerprint density at radius 1 is 1.06 bits per heavy atom. The highest BCUT2D eigenvalue weighted by Crippen LogP contribution is 2.47. The Balaban J connectivity index is 1.55. The molecule has 2 N–H and O–H groups in total. The van der Waals surface area contributed by atoms with E-state index in [0.717, 1.165) is 31.6 Å². The zero-order valence-corrected chi connectivity index (χ0v) is 19.8. The van der Waals surface area contributed by atoms with Gasteiger partial charge in [-0.3, -0.25) is 9.69 Å². The summed E-state index contributed by atoms with van der Waals surface area (Å²) >= 11 is 0. The summed E-state index contributed by atoms with van der Waals surface area (Å²) in [4.78, 5) is 26.4. The molecular weight excluding hydrogens is 426 g/mol. The van der Waals surface area contributed by atoms with E-state index in [2.05, 4.69) is 39.1 Å². The minimum Gasteiger partial charge on any atom is -0.478 e. The molecule has 3 unspecified atom stereocenters. The molecule has 2 fully saturated rings. The van der Waals surface area contributed by atoms with E-state index < -0.39 is 5.97 Å². The predicted molar refractivity (Wildman–Crippen MR) is 133 cm³/mol. The largest absolute Gasteiger partial charge is 0.478 e. The van der Waals surface area contributed by atoms with Crippen LogP contribution in [0.5, 0.6) is 0 Å². The average molecular weight is 460 g/mol. The van der Waals surface area contributed by atoms with Crippen LogP contribution < -0.4 is 5.32 Å². The normalized spacial score (nSPS) is 27.0. The van der Waals surface area contributed by atoms with Crippen molar-refractivity contribution in [3.63, 3.8) is 0 Å². The zero-order valence-electron chi connectivity index (χ0n) is 19.8. The summed E-state index contributed by atoms with van der Waals surface area (Å²) in [6, 6.07) is 6.09. The molecule has 1 aromatic carbocycles. The minimum atomic E-state index is -0.874. The highest BCUT2D eigenvalue weighted by molar-refractivity contribution is 5.98.